The van der Waals surface area contributed by atoms with Gasteiger partial charge in [0.25, 0.3) is 5.91 Å². The second kappa shape index (κ2) is 9.78. The van der Waals surface area contributed by atoms with Crippen LogP contribution in [0.5, 0.6) is 0 Å². The first-order chi connectivity index (χ1) is 14.8. The molecule has 0 aliphatic carbocycles. The van der Waals surface area contributed by atoms with Gasteiger partial charge in [-0.25, -0.2) is 4.79 Å². The van der Waals surface area contributed by atoms with Gasteiger partial charge in [-0.2, -0.15) is 0 Å². The Kier molecular flexibility index (Phi) is 7.12. The summed E-state index contributed by atoms with van der Waals surface area (Å²) in [7, 11) is 0. The van der Waals surface area contributed by atoms with E-state index in [1.165, 1.54) is 11.8 Å². The molecule has 162 valence electrons. The molecule has 3 rings (SSSR count). The SMILES string of the molecule is CCC(OC(=O)c1ccc(-n2c(C)nnc2SC)cc1)C(=O)Nc1ccc(C)cc1C. The number of rotatable bonds is 7. The molecule has 1 unspecified atom stereocenters. The number of nitrogens with zero attached hydrogens (tertiary/aromatic N) is 3. The average Bonchev–Trinajstić information content (AvgIpc) is 3.14. The number of esters is 1. The topological polar surface area (TPSA) is 86.1 Å². The molecular weight excluding hydrogens is 412 g/mol. The molecule has 0 fully saturated rings. The van der Waals surface area contributed by atoms with Crippen molar-refractivity contribution in [3.05, 3.63) is 65.0 Å². The molecule has 7 nitrogen and oxygen atoms in total. The summed E-state index contributed by atoms with van der Waals surface area (Å²) in [5.41, 5.74) is 4.01. The Morgan fingerprint density at radius 3 is 2.42 bits per heavy atom. The summed E-state index contributed by atoms with van der Waals surface area (Å²) in [6, 6.07) is 12.7. The number of ether oxygens (including phenoxy) is 1. The summed E-state index contributed by atoms with van der Waals surface area (Å²) < 4.78 is 7.40. The molecule has 0 saturated heterocycles. The molecule has 2 aromatic carbocycles. The van der Waals surface area contributed by atoms with E-state index in [-0.39, 0.29) is 5.91 Å². The quantitative estimate of drug-likeness (QED) is 0.432. The molecule has 0 spiro atoms. The molecule has 31 heavy (non-hydrogen) atoms. The molecule has 1 heterocycles. The van der Waals surface area contributed by atoms with Gasteiger partial charge in [0.1, 0.15) is 5.82 Å². The van der Waals surface area contributed by atoms with E-state index in [1.807, 2.05) is 61.9 Å². The van der Waals surface area contributed by atoms with Crippen molar-refractivity contribution in [3.63, 3.8) is 0 Å². The van der Waals surface area contributed by atoms with E-state index < -0.39 is 12.1 Å². The van der Waals surface area contributed by atoms with Crippen molar-refractivity contribution in [1.29, 1.82) is 0 Å². The van der Waals surface area contributed by atoms with E-state index in [1.54, 1.807) is 19.1 Å². The third-order valence-electron chi connectivity index (χ3n) is 4.89. The van der Waals surface area contributed by atoms with Crippen LogP contribution in [-0.2, 0) is 9.53 Å². The highest BCUT2D eigenvalue weighted by atomic mass is 32.2. The number of hydrogen-bond donors (Lipinski definition) is 1. The maximum atomic E-state index is 12.7. The maximum Gasteiger partial charge on any atom is 0.338 e. The Labute approximate surface area is 186 Å². The van der Waals surface area contributed by atoms with Crippen LogP contribution in [0.4, 0.5) is 5.69 Å². The van der Waals surface area contributed by atoms with Gasteiger partial charge in [-0.3, -0.25) is 9.36 Å². The van der Waals surface area contributed by atoms with E-state index >= 15 is 0 Å². The van der Waals surface area contributed by atoms with Crippen LogP contribution in [0.3, 0.4) is 0 Å². The lowest BCUT2D eigenvalue weighted by Gasteiger charge is -2.17. The summed E-state index contributed by atoms with van der Waals surface area (Å²) in [6.07, 6.45) is 1.42. The predicted molar refractivity (Wildman–Crippen MR) is 122 cm³/mol. The van der Waals surface area contributed by atoms with Gasteiger partial charge < -0.3 is 10.1 Å². The van der Waals surface area contributed by atoms with Gasteiger partial charge in [0.05, 0.1) is 5.56 Å². The summed E-state index contributed by atoms with van der Waals surface area (Å²) in [4.78, 5) is 25.3. The smallest absolute Gasteiger partial charge is 0.338 e. The minimum Gasteiger partial charge on any atom is -0.449 e. The van der Waals surface area contributed by atoms with Gasteiger partial charge in [-0.1, -0.05) is 36.4 Å². The Hall–Kier alpha value is -3.13. The lowest BCUT2D eigenvalue weighted by atomic mass is 10.1. The van der Waals surface area contributed by atoms with Gasteiger partial charge in [0.2, 0.25) is 0 Å². The second-order valence-corrected chi connectivity index (χ2v) is 8.00. The van der Waals surface area contributed by atoms with Crippen LogP contribution in [0.25, 0.3) is 5.69 Å². The fourth-order valence-electron chi connectivity index (χ4n) is 3.21. The summed E-state index contributed by atoms with van der Waals surface area (Å²) >= 11 is 1.49. The first-order valence-corrected chi connectivity index (χ1v) is 11.2. The summed E-state index contributed by atoms with van der Waals surface area (Å²) in [6.45, 7) is 7.60. The molecule has 1 N–H and O–H groups in total. The third-order valence-corrected chi connectivity index (χ3v) is 5.52. The zero-order valence-electron chi connectivity index (χ0n) is 18.3. The van der Waals surface area contributed by atoms with Crippen molar-refractivity contribution < 1.29 is 14.3 Å². The second-order valence-electron chi connectivity index (χ2n) is 7.23. The summed E-state index contributed by atoms with van der Waals surface area (Å²) in [5, 5.41) is 11.8. The molecule has 0 aliphatic rings. The zero-order chi connectivity index (χ0) is 22.5. The monoisotopic (exact) mass is 438 g/mol. The molecule has 0 aliphatic heterocycles. The van der Waals surface area contributed by atoms with Crippen LogP contribution in [0.1, 0.15) is 40.7 Å². The number of aryl methyl sites for hydroxylation is 3. The fraction of sp³-hybridized carbons (Fsp3) is 0.304. The van der Waals surface area contributed by atoms with Gasteiger partial charge in [0, 0.05) is 11.4 Å². The van der Waals surface area contributed by atoms with Gasteiger partial charge in [-0.15, -0.1) is 10.2 Å². The average molecular weight is 439 g/mol. The number of benzene rings is 2. The van der Waals surface area contributed by atoms with Crippen molar-refractivity contribution in [2.45, 2.75) is 45.4 Å². The van der Waals surface area contributed by atoms with E-state index in [0.29, 0.717) is 17.7 Å². The Morgan fingerprint density at radius 1 is 1.10 bits per heavy atom. The van der Waals surface area contributed by atoms with Crippen molar-refractivity contribution in [3.8, 4) is 5.69 Å². The normalized spacial score (nSPS) is 11.8. The number of amides is 1. The van der Waals surface area contributed by atoms with E-state index in [4.69, 9.17) is 4.74 Å². The molecule has 0 bridgehead atoms. The van der Waals surface area contributed by atoms with Crippen LogP contribution in [0.2, 0.25) is 0 Å². The molecule has 8 heteroatoms. The molecule has 0 radical (unpaired) electrons. The maximum absolute atomic E-state index is 12.7. The standard InChI is InChI=1S/C23H26N4O3S/c1-6-20(21(28)24-19-12-7-14(2)13-15(19)3)30-22(29)17-8-10-18(11-9-17)27-16(4)25-26-23(27)31-5/h7-13,20H,6H2,1-5H3,(H,24,28). The lowest BCUT2D eigenvalue weighted by Crippen LogP contribution is -2.32. The largest absolute Gasteiger partial charge is 0.449 e. The molecule has 1 amide bonds. The number of hydrogen-bond acceptors (Lipinski definition) is 6. The minimum atomic E-state index is -0.879. The number of thioether (sulfide) groups is 1. The highest BCUT2D eigenvalue weighted by Gasteiger charge is 2.23. The van der Waals surface area contributed by atoms with Crippen molar-refractivity contribution in [2.24, 2.45) is 0 Å². The van der Waals surface area contributed by atoms with Gasteiger partial charge in [-0.05, 0) is 69.3 Å². The van der Waals surface area contributed by atoms with E-state index in [0.717, 1.165) is 27.8 Å². The molecule has 1 atom stereocenters. The number of aromatic nitrogens is 3. The molecule has 1 aromatic heterocycles. The van der Waals surface area contributed by atoms with E-state index in [2.05, 4.69) is 15.5 Å². The highest BCUT2D eigenvalue weighted by molar-refractivity contribution is 7.98. The van der Waals surface area contributed by atoms with Gasteiger partial charge >= 0.3 is 5.97 Å². The van der Waals surface area contributed by atoms with E-state index in [9.17, 15) is 9.59 Å². The number of carbonyl (C=O) groups is 2. The highest BCUT2D eigenvalue weighted by Crippen LogP contribution is 2.21. The van der Waals surface area contributed by atoms with Crippen molar-refractivity contribution in [1.82, 2.24) is 14.8 Å². The van der Waals surface area contributed by atoms with Crippen LogP contribution >= 0.6 is 11.8 Å². The number of anilines is 1. The third kappa shape index (κ3) is 5.14. The Balaban J connectivity index is 1.70. The Bertz CT molecular complexity index is 1090. The van der Waals surface area contributed by atoms with Crippen LogP contribution in [0, 0.1) is 20.8 Å². The predicted octanol–water partition coefficient (Wildman–Crippen LogP) is 4.49. The molecule has 3 aromatic rings. The molecular formula is C23H26N4O3S. The van der Waals surface area contributed by atoms with Crippen molar-refractivity contribution in [2.75, 3.05) is 11.6 Å². The molecule has 0 saturated carbocycles. The van der Waals surface area contributed by atoms with Gasteiger partial charge in [0.15, 0.2) is 11.3 Å². The first kappa shape index (κ1) is 22.6. The zero-order valence-corrected chi connectivity index (χ0v) is 19.1. The first-order valence-electron chi connectivity index (χ1n) is 9.99. The lowest BCUT2D eigenvalue weighted by molar-refractivity contribution is -0.124. The van der Waals surface area contributed by atoms with Crippen LogP contribution in [0.15, 0.2) is 47.6 Å². The minimum absolute atomic E-state index is 0.343. The van der Waals surface area contributed by atoms with Crippen LogP contribution in [-0.4, -0.2) is 39.0 Å². The van der Waals surface area contributed by atoms with Crippen LogP contribution < -0.4 is 5.32 Å². The summed E-state index contributed by atoms with van der Waals surface area (Å²) in [5.74, 6) is -0.127. The Morgan fingerprint density at radius 2 is 1.81 bits per heavy atom. The number of carbonyl (C=O) groups excluding carboxylic acids is 2. The number of nitrogens with one attached hydrogen (secondary N) is 1. The van der Waals surface area contributed by atoms with Crippen molar-refractivity contribution >= 4 is 29.3 Å². The fourth-order valence-corrected chi connectivity index (χ4v) is 3.75.